The Morgan fingerprint density at radius 2 is 0.642 bits per heavy atom. The summed E-state index contributed by atoms with van der Waals surface area (Å²) in [7, 11) is -2.82. The minimum absolute atomic E-state index is 0.561. The van der Waals surface area contributed by atoms with E-state index in [1.807, 2.05) is 0 Å². The van der Waals surface area contributed by atoms with E-state index in [2.05, 4.69) is 258 Å². The molecular weight excluding hydrogens is 831 g/mol. The average Bonchev–Trinajstić information content (AvgIpc) is 3.93. The quantitative estimate of drug-likeness (QED) is 0.113. The third kappa shape index (κ3) is 6.18. The molecule has 6 heteroatoms. The lowest BCUT2D eigenvalue weighted by molar-refractivity contribution is 0.893. The van der Waals surface area contributed by atoms with Crippen molar-refractivity contribution in [2.75, 3.05) is 0 Å². The van der Waals surface area contributed by atoms with Crippen LogP contribution in [0.5, 0.6) is 0 Å². The molecule has 0 aliphatic rings. The molecule has 0 bridgehead atoms. The molecule has 0 saturated carbocycles. The topological polar surface area (TPSA) is 48.5 Å². The van der Waals surface area contributed by atoms with Crippen LogP contribution in [0.4, 0.5) is 0 Å². The Morgan fingerprint density at radius 3 is 1.07 bits per heavy atom. The molecule has 13 aromatic rings. The van der Waals surface area contributed by atoms with Gasteiger partial charge < -0.3 is 0 Å². The minimum atomic E-state index is -2.82. The van der Waals surface area contributed by atoms with Crippen LogP contribution in [0.1, 0.15) is 0 Å². The van der Waals surface area contributed by atoms with Crippen molar-refractivity contribution in [3.8, 4) is 34.4 Å². The Morgan fingerprint density at radius 1 is 0.284 bits per heavy atom. The van der Waals surface area contributed by atoms with Gasteiger partial charge in [0.1, 0.15) is 0 Å². The second-order valence-electron chi connectivity index (χ2n) is 17.2. The lowest BCUT2D eigenvalue weighted by Gasteiger charge is -2.35. The van der Waals surface area contributed by atoms with Gasteiger partial charge in [0.2, 0.25) is 11.9 Å². The predicted octanol–water partition coefficient (Wildman–Crippen LogP) is 11.9. The lowest BCUT2D eigenvalue weighted by Crippen LogP contribution is -2.74. The molecule has 3 aromatic heterocycles. The molecule has 0 atom stereocenters. The molecular formula is C61H41N5Si. The van der Waals surface area contributed by atoms with Crippen LogP contribution in [-0.2, 0) is 0 Å². The molecule has 13 rings (SSSR count). The summed E-state index contributed by atoms with van der Waals surface area (Å²) in [6.07, 6.45) is 0. The second-order valence-corrected chi connectivity index (χ2v) is 21.0. The molecule has 0 saturated heterocycles. The van der Waals surface area contributed by atoms with E-state index in [4.69, 9.17) is 15.0 Å². The Bertz CT molecular complexity index is 3640. The maximum absolute atomic E-state index is 5.36. The van der Waals surface area contributed by atoms with E-state index in [1.165, 1.54) is 37.1 Å². The molecule has 0 fully saturated rings. The van der Waals surface area contributed by atoms with Gasteiger partial charge in [0, 0.05) is 27.1 Å². The smallest absolute Gasteiger partial charge is 0.240 e. The minimum Gasteiger partial charge on any atom is -0.278 e. The van der Waals surface area contributed by atoms with Crippen LogP contribution in [0.15, 0.2) is 249 Å². The number of rotatable bonds is 8. The van der Waals surface area contributed by atoms with Crippen LogP contribution in [-0.4, -0.2) is 32.2 Å². The van der Waals surface area contributed by atoms with Crippen molar-refractivity contribution in [3.05, 3.63) is 249 Å². The zero-order valence-corrected chi connectivity index (χ0v) is 37.4. The van der Waals surface area contributed by atoms with E-state index in [0.717, 1.165) is 54.7 Å². The Labute approximate surface area is 388 Å². The van der Waals surface area contributed by atoms with Gasteiger partial charge in [-0.25, -0.2) is 0 Å². The van der Waals surface area contributed by atoms with Crippen molar-refractivity contribution in [3.63, 3.8) is 0 Å². The first-order valence-corrected chi connectivity index (χ1v) is 24.8. The number of nitrogens with zero attached hydrogens (tertiary/aromatic N) is 5. The van der Waals surface area contributed by atoms with Gasteiger partial charge in [-0.05, 0) is 66.9 Å². The first kappa shape index (κ1) is 38.7. The molecule has 0 aliphatic heterocycles. The molecule has 0 amide bonds. The summed E-state index contributed by atoms with van der Waals surface area (Å²) >= 11 is 0. The van der Waals surface area contributed by atoms with E-state index < -0.39 is 8.07 Å². The van der Waals surface area contributed by atoms with E-state index in [0.29, 0.717) is 17.7 Å². The maximum Gasteiger partial charge on any atom is 0.240 e. The summed E-state index contributed by atoms with van der Waals surface area (Å²) in [5.74, 6) is 1.72. The van der Waals surface area contributed by atoms with Crippen molar-refractivity contribution in [2.45, 2.75) is 0 Å². The zero-order chi connectivity index (χ0) is 44.3. The summed E-state index contributed by atoms with van der Waals surface area (Å²) < 4.78 is 4.36. The normalized spacial score (nSPS) is 11.9. The highest BCUT2D eigenvalue weighted by atomic mass is 28.3. The number of para-hydroxylation sites is 4. The standard InChI is InChI=1S/C61H41N5Si/c1-4-21-45(22-5-1)67(46-23-6-2-7-24-46,47-25-8-3-9-26-47)48-40-44-20-10-11-27-49(44)54(41-48)42-36-38-43(39-37-42)59-62-60(65-55-32-16-12-28-50(55)51-29-13-17-33-56(51)65)64-61(63-59)66-57-34-18-14-30-52(57)53-31-15-19-35-58(53)66/h1-41H. The molecule has 5 nitrogen and oxygen atoms in total. The first-order valence-electron chi connectivity index (χ1n) is 22.8. The third-order valence-corrected chi connectivity index (χ3v) is 18.3. The van der Waals surface area contributed by atoms with Gasteiger partial charge in [0.25, 0.3) is 0 Å². The van der Waals surface area contributed by atoms with Crippen molar-refractivity contribution < 1.29 is 0 Å². The van der Waals surface area contributed by atoms with Crippen LogP contribution >= 0.6 is 0 Å². The SMILES string of the molecule is c1ccc([Si](c2ccccc2)(c2ccccc2)c2cc(-c3ccc(-c4nc(-n5c6ccccc6c6ccccc65)nc(-n5c6ccccc6c6ccccc65)n4)cc3)c3ccccc3c2)cc1. The lowest BCUT2D eigenvalue weighted by atomic mass is 9.97. The van der Waals surface area contributed by atoms with Crippen LogP contribution in [0.3, 0.4) is 0 Å². The highest BCUT2D eigenvalue weighted by Gasteiger charge is 2.41. The number of hydrogen-bond donors (Lipinski definition) is 0. The molecule has 10 aromatic carbocycles. The fourth-order valence-electron chi connectivity index (χ4n) is 10.6. The predicted molar refractivity (Wildman–Crippen MR) is 280 cm³/mol. The first-order chi connectivity index (χ1) is 33.2. The summed E-state index contributed by atoms with van der Waals surface area (Å²) in [5, 5.41) is 12.4. The summed E-state index contributed by atoms with van der Waals surface area (Å²) in [5.41, 5.74) is 7.37. The molecule has 3 heterocycles. The molecule has 0 N–H and O–H groups in total. The van der Waals surface area contributed by atoms with Gasteiger partial charge in [0.15, 0.2) is 13.9 Å². The fourth-order valence-corrected chi connectivity index (χ4v) is 15.4. The van der Waals surface area contributed by atoms with Crippen molar-refractivity contribution in [1.29, 1.82) is 0 Å². The van der Waals surface area contributed by atoms with Crippen molar-refractivity contribution in [1.82, 2.24) is 24.1 Å². The van der Waals surface area contributed by atoms with Crippen molar-refractivity contribution in [2.24, 2.45) is 0 Å². The van der Waals surface area contributed by atoms with Gasteiger partial charge in [0.05, 0.1) is 22.1 Å². The van der Waals surface area contributed by atoms with Crippen LogP contribution in [0.2, 0.25) is 0 Å². The number of hydrogen-bond acceptors (Lipinski definition) is 3. The van der Waals surface area contributed by atoms with Crippen molar-refractivity contribution >= 4 is 83.2 Å². The molecule has 67 heavy (non-hydrogen) atoms. The van der Waals surface area contributed by atoms with Crippen LogP contribution in [0, 0.1) is 0 Å². The Balaban J connectivity index is 1.03. The molecule has 0 radical (unpaired) electrons. The average molecular weight is 872 g/mol. The highest BCUT2D eigenvalue weighted by molar-refractivity contribution is 7.20. The highest BCUT2D eigenvalue weighted by Crippen LogP contribution is 2.35. The van der Waals surface area contributed by atoms with Gasteiger partial charge in [-0.2, -0.15) is 15.0 Å². The Kier molecular flexibility index (Phi) is 9.11. The largest absolute Gasteiger partial charge is 0.278 e. The number of fused-ring (bicyclic) bond motifs is 7. The van der Waals surface area contributed by atoms with E-state index in [1.54, 1.807) is 0 Å². The van der Waals surface area contributed by atoms with E-state index in [9.17, 15) is 0 Å². The molecule has 0 aliphatic carbocycles. The second kappa shape index (κ2) is 15.8. The van der Waals surface area contributed by atoms with Crippen LogP contribution in [0.25, 0.3) is 88.8 Å². The zero-order valence-electron chi connectivity index (χ0n) is 36.4. The van der Waals surface area contributed by atoms with Gasteiger partial charge in [-0.1, -0.05) is 224 Å². The van der Waals surface area contributed by atoms with E-state index in [-0.39, 0.29) is 0 Å². The van der Waals surface area contributed by atoms with E-state index >= 15 is 0 Å². The number of benzene rings is 10. The fraction of sp³-hybridized carbons (Fsp3) is 0. The number of aromatic nitrogens is 5. The maximum atomic E-state index is 5.36. The molecule has 314 valence electrons. The molecule has 0 unspecified atom stereocenters. The van der Waals surface area contributed by atoms with Gasteiger partial charge >= 0.3 is 0 Å². The van der Waals surface area contributed by atoms with Crippen LogP contribution < -0.4 is 20.7 Å². The Hall–Kier alpha value is -8.71. The summed E-state index contributed by atoms with van der Waals surface area (Å²) in [4.78, 5) is 16.1. The van der Waals surface area contributed by atoms with Gasteiger partial charge in [-0.3, -0.25) is 9.13 Å². The third-order valence-electron chi connectivity index (χ3n) is 13.5. The summed E-state index contributed by atoms with van der Waals surface area (Å²) in [6.45, 7) is 0. The monoisotopic (exact) mass is 871 g/mol. The van der Waals surface area contributed by atoms with Gasteiger partial charge in [-0.15, -0.1) is 0 Å². The summed E-state index contributed by atoms with van der Waals surface area (Å²) in [6, 6.07) is 90.0. The molecule has 0 spiro atoms.